The van der Waals surface area contributed by atoms with E-state index in [1.807, 2.05) is 72.8 Å². The molecule has 2 heterocycles. The highest BCUT2D eigenvalue weighted by Gasteiger charge is 2.35. The van der Waals surface area contributed by atoms with Crippen LogP contribution in [0.2, 0.25) is 10.0 Å². The van der Waals surface area contributed by atoms with Crippen LogP contribution in [-0.4, -0.2) is 59.6 Å². The van der Waals surface area contributed by atoms with Crippen LogP contribution >= 0.6 is 23.2 Å². The molecule has 266 valence electrons. The van der Waals surface area contributed by atoms with Crippen molar-refractivity contribution in [1.29, 1.82) is 0 Å². The van der Waals surface area contributed by atoms with Gasteiger partial charge in [0.15, 0.2) is 0 Å². The number of ether oxygens (including phenoxy) is 2. The number of aliphatic imine (C=N–C) groups is 2. The minimum Gasteiger partial charge on any atom is -0.494 e. The molecule has 0 N–H and O–H groups in total. The van der Waals surface area contributed by atoms with Crippen LogP contribution in [-0.2, 0) is 9.59 Å². The summed E-state index contributed by atoms with van der Waals surface area (Å²) >= 11 is 12.2. The maximum absolute atomic E-state index is 14.0. The SMILES string of the molecule is CCCCOc1ccc(C2=NC(=Cc3ccc(Cl)cc3)C(=O)N2CCN2C(=O)C(=Cc3ccc(Cl)cc3)N=C2c2ccc(OCCCC)cc2)cc1. The molecule has 4 aromatic carbocycles. The molecule has 2 aliphatic heterocycles. The molecule has 0 aromatic heterocycles. The Balaban J connectivity index is 1.29. The Morgan fingerprint density at radius 1 is 0.558 bits per heavy atom. The normalized spacial score (nSPS) is 15.8. The monoisotopic (exact) mass is 734 g/mol. The molecule has 10 heteroatoms. The van der Waals surface area contributed by atoms with Crippen LogP contribution < -0.4 is 9.47 Å². The standard InChI is InChI=1S/C42H40Cl2N4O4/c1-3-5-25-51-35-19-11-31(12-20-35)39-45-37(27-29-7-15-33(43)16-8-29)41(49)47(39)23-24-48-40(32-13-21-36(22-14-32)52-26-6-4-2)46-38(42(48)50)28-30-9-17-34(44)18-10-30/h7-22,27-28H,3-6,23-26H2,1-2H3. The van der Waals surface area contributed by atoms with E-state index in [2.05, 4.69) is 13.8 Å². The van der Waals surface area contributed by atoms with Gasteiger partial charge < -0.3 is 9.47 Å². The third-order valence-corrected chi connectivity index (χ3v) is 9.05. The molecule has 0 bridgehead atoms. The van der Waals surface area contributed by atoms with Crippen molar-refractivity contribution in [1.82, 2.24) is 9.80 Å². The highest BCUT2D eigenvalue weighted by atomic mass is 35.5. The van der Waals surface area contributed by atoms with Crippen LogP contribution in [0, 0.1) is 0 Å². The van der Waals surface area contributed by atoms with Gasteiger partial charge in [-0.3, -0.25) is 19.4 Å². The number of unbranched alkanes of at least 4 members (excludes halogenated alkanes) is 2. The Labute approximate surface area is 314 Å². The van der Waals surface area contributed by atoms with Gasteiger partial charge >= 0.3 is 0 Å². The number of hydrogen-bond donors (Lipinski definition) is 0. The van der Waals surface area contributed by atoms with Crippen molar-refractivity contribution in [2.75, 3.05) is 26.3 Å². The number of carbonyl (C=O) groups excluding carboxylic acids is 2. The van der Waals surface area contributed by atoms with Crippen LogP contribution in [0.3, 0.4) is 0 Å². The molecule has 0 aliphatic carbocycles. The van der Waals surface area contributed by atoms with Crippen LogP contribution in [0.5, 0.6) is 11.5 Å². The van der Waals surface area contributed by atoms with Crippen LogP contribution in [0.4, 0.5) is 0 Å². The number of rotatable bonds is 15. The summed E-state index contributed by atoms with van der Waals surface area (Å²) in [5.41, 5.74) is 3.65. The first-order valence-corrected chi connectivity index (χ1v) is 18.3. The van der Waals surface area contributed by atoms with E-state index in [-0.39, 0.29) is 36.3 Å². The highest BCUT2D eigenvalue weighted by molar-refractivity contribution is 6.31. The highest BCUT2D eigenvalue weighted by Crippen LogP contribution is 2.27. The molecule has 0 saturated carbocycles. The molecule has 8 nitrogen and oxygen atoms in total. The molecule has 0 fully saturated rings. The lowest BCUT2D eigenvalue weighted by Crippen LogP contribution is -2.42. The fourth-order valence-corrected chi connectivity index (χ4v) is 5.91. The number of carbonyl (C=O) groups is 2. The van der Waals surface area contributed by atoms with Crippen molar-refractivity contribution in [3.63, 3.8) is 0 Å². The quantitative estimate of drug-likeness (QED) is 0.0901. The summed E-state index contributed by atoms with van der Waals surface area (Å²) in [5.74, 6) is 1.92. The van der Waals surface area contributed by atoms with Crippen LogP contribution in [0.1, 0.15) is 61.8 Å². The number of halogens is 2. The summed E-state index contributed by atoms with van der Waals surface area (Å²) < 4.78 is 11.7. The average molecular weight is 736 g/mol. The molecular weight excluding hydrogens is 695 g/mol. The van der Waals surface area contributed by atoms with E-state index >= 15 is 0 Å². The minimum atomic E-state index is -0.274. The van der Waals surface area contributed by atoms with E-state index in [0.717, 1.165) is 59.4 Å². The van der Waals surface area contributed by atoms with Gasteiger partial charge in [0.1, 0.15) is 34.6 Å². The summed E-state index contributed by atoms with van der Waals surface area (Å²) in [7, 11) is 0. The molecule has 52 heavy (non-hydrogen) atoms. The Hall–Kier alpha value is -5.18. The topological polar surface area (TPSA) is 83.8 Å². The average Bonchev–Trinajstić information content (AvgIpc) is 3.64. The number of hydrogen-bond acceptors (Lipinski definition) is 6. The van der Waals surface area contributed by atoms with Gasteiger partial charge in [0.05, 0.1) is 13.2 Å². The first-order chi connectivity index (χ1) is 25.3. The molecular formula is C42H40Cl2N4O4. The molecule has 0 saturated heterocycles. The van der Waals surface area contributed by atoms with Gasteiger partial charge in [-0.2, -0.15) is 0 Å². The Bertz CT molecular complexity index is 1860. The number of nitrogens with zero attached hydrogens (tertiary/aromatic N) is 4. The maximum Gasteiger partial charge on any atom is 0.278 e. The molecule has 0 spiro atoms. The van der Waals surface area contributed by atoms with E-state index < -0.39 is 0 Å². The van der Waals surface area contributed by atoms with E-state index in [4.69, 9.17) is 42.7 Å². The van der Waals surface area contributed by atoms with Gasteiger partial charge in [-0.1, -0.05) is 74.2 Å². The molecule has 0 radical (unpaired) electrons. The molecule has 4 aromatic rings. The van der Waals surface area contributed by atoms with Crippen LogP contribution in [0.25, 0.3) is 12.2 Å². The van der Waals surface area contributed by atoms with Gasteiger partial charge in [0, 0.05) is 34.3 Å². The lowest BCUT2D eigenvalue weighted by molar-refractivity contribution is -0.125. The second kappa shape index (κ2) is 17.4. The molecule has 2 amide bonds. The zero-order valence-corrected chi connectivity index (χ0v) is 30.7. The Morgan fingerprint density at radius 2 is 0.923 bits per heavy atom. The minimum absolute atomic E-state index is 0.168. The van der Waals surface area contributed by atoms with E-state index in [1.165, 1.54) is 0 Å². The zero-order chi connectivity index (χ0) is 36.5. The maximum atomic E-state index is 14.0. The lowest BCUT2D eigenvalue weighted by Gasteiger charge is -2.24. The largest absolute Gasteiger partial charge is 0.494 e. The van der Waals surface area contributed by atoms with Crippen molar-refractivity contribution in [3.8, 4) is 11.5 Å². The molecule has 6 rings (SSSR count). The van der Waals surface area contributed by atoms with Gasteiger partial charge in [0.2, 0.25) is 0 Å². The van der Waals surface area contributed by atoms with Crippen molar-refractivity contribution < 1.29 is 19.1 Å². The third-order valence-electron chi connectivity index (χ3n) is 8.54. The van der Waals surface area contributed by atoms with Gasteiger partial charge in [0.25, 0.3) is 11.8 Å². The van der Waals surface area contributed by atoms with Gasteiger partial charge in [-0.15, -0.1) is 0 Å². The fraction of sp³-hybridized carbons (Fsp3) is 0.238. The predicted molar refractivity (Wildman–Crippen MR) is 209 cm³/mol. The van der Waals surface area contributed by atoms with E-state index in [0.29, 0.717) is 34.9 Å². The van der Waals surface area contributed by atoms with Crippen molar-refractivity contribution >= 4 is 58.8 Å². The first kappa shape index (κ1) is 36.6. The third kappa shape index (κ3) is 8.99. The summed E-state index contributed by atoms with van der Waals surface area (Å²) in [5, 5.41) is 1.20. The second-order valence-electron chi connectivity index (χ2n) is 12.4. The fourth-order valence-electron chi connectivity index (χ4n) is 5.66. The molecule has 2 aliphatic rings. The second-order valence-corrected chi connectivity index (χ2v) is 13.3. The van der Waals surface area contributed by atoms with E-state index in [9.17, 15) is 9.59 Å². The number of amidine groups is 2. The summed E-state index contributed by atoms with van der Waals surface area (Å²) in [4.78, 5) is 40.9. The molecule has 0 atom stereocenters. The Morgan fingerprint density at radius 3 is 1.27 bits per heavy atom. The van der Waals surface area contributed by atoms with Crippen LogP contribution in [0.15, 0.2) is 118 Å². The smallest absolute Gasteiger partial charge is 0.278 e. The van der Waals surface area contributed by atoms with E-state index in [1.54, 1.807) is 46.2 Å². The predicted octanol–water partition coefficient (Wildman–Crippen LogP) is 9.31. The lowest BCUT2D eigenvalue weighted by atomic mass is 10.1. The van der Waals surface area contributed by atoms with Crippen molar-refractivity contribution in [2.24, 2.45) is 9.98 Å². The van der Waals surface area contributed by atoms with Crippen molar-refractivity contribution in [3.05, 3.63) is 141 Å². The van der Waals surface area contributed by atoms with Gasteiger partial charge in [-0.25, -0.2) is 9.98 Å². The first-order valence-electron chi connectivity index (χ1n) is 17.5. The van der Waals surface area contributed by atoms with Gasteiger partial charge in [-0.05, 0) is 109 Å². The zero-order valence-electron chi connectivity index (χ0n) is 29.2. The summed E-state index contributed by atoms with van der Waals surface area (Å²) in [6, 6.07) is 29.6. The molecule has 0 unspecified atom stereocenters. The summed E-state index contributed by atoms with van der Waals surface area (Å²) in [6.07, 6.45) is 7.49. The summed E-state index contributed by atoms with van der Waals surface area (Å²) in [6.45, 7) is 5.83. The number of amides is 2. The Kier molecular flexibility index (Phi) is 12.2. The van der Waals surface area contributed by atoms with Crippen molar-refractivity contribution in [2.45, 2.75) is 39.5 Å². The number of benzene rings is 4.